The lowest BCUT2D eigenvalue weighted by Crippen LogP contribution is -2.56. The summed E-state index contributed by atoms with van der Waals surface area (Å²) in [5.41, 5.74) is -2.22. The Morgan fingerprint density at radius 3 is 2.32 bits per heavy atom. The average Bonchev–Trinajstić information content (AvgIpc) is 2.95. The number of hydrogen-bond donors (Lipinski definition) is 1. The highest BCUT2D eigenvalue weighted by atomic mass is 19.4. The molecule has 3 rings (SSSR count). The van der Waals surface area contributed by atoms with Crippen molar-refractivity contribution in [2.75, 3.05) is 0 Å². The third-order valence-electron chi connectivity index (χ3n) is 3.94. The van der Waals surface area contributed by atoms with Crippen molar-refractivity contribution >= 4 is 11.6 Å². The zero-order valence-electron chi connectivity index (χ0n) is 13.2. The van der Waals surface area contributed by atoms with Crippen LogP contribution >= 0.6 is 0 Å². The van der Waals surface area contributed by atoms with Gasteiger partial charge in [-0.3, -0.25) is 9.78 Å². The molecule has 0 saturated carbocycles. The van der Waals surface area contributed by atoms with E-state index in [1.54, 1.807) is 19.1 Å². The summed E-state index contributed by atoms with van der Waals surface area (Å²) in [4.78, 5) is 16.3. The van der Waals surface area contributed by atoms with Crippen LogP contribution in [0.25, 0.3) is 0 Å². The molecule has 2 heterocycles. The fourth-order valence-corrected chi connectivity index (χ4v) is 2.50. The van der Waals surface area contributed by atoms with E-state index in [1.165, 1.54) is 36.7 Å². The molecule has 1 aliphatic rings. The van der Waals surface area contributed by atoms with Crippen molar-refractivity contribution in [3.05, 3.63) is 65.5 Å². The van der Waals surface area contributed by atoms with Crippen molar-refractivity contribution in [1.82, 2.24) is 9.99 Å². The van der Waals surface area contributed by atoms with Crippen molar-refractivity contribution in [2.24, 2.45) is 5.10 Å². The maximum Gasteiger partial charge on any atom is 0.438 e. The Morgan fingerprint density at radius 1 is 1.16 bits per heavy atom. The summed E-state index contributed by atoms with van der Waals surface area (Å²) < 4.78 is 40.5. The normalized spacial score (nSPS) is 20.5. The summed E-state index contributed by atoms with van der Waals surface area (Å²) >= 11 is 0. The van der Waals surface area contributed by atoms with Crippen molar-refractivity contribution < 1.29 is 23.1 Å². The smallest absolute Gasteiger partial charge is 0.362 e. The van der Waals surface area contributed by atoms with Crippen LogP contribution in [0.15, 0.2) is 53.9 Å². The first-order valence-corrected chi connectivity index (χ1v) is 7.40. The van der Waals surface area contributed by atoms with Crippen molar-refractivity contribution in [3.8, 4) is 0 Å². The first-order valence-electron chi connectivity index (χ1n) is 7.40. The lowest BCUT2D eigenvalue weighted by atomic mass is 10.0. The molecule has 1 aliphatic heterocycles. The van der Waals surface area contributed by atoms with Gasteiger partial charge < -0.3 is 5.11 Å². The van der Waals surface area contributed by atoms with Gasteiger partial charge in [0, 0.05) is 23.5 Å². The molecule has 0 unspecified atom stereocenters. The maximum absolute atomic E-state index is 13.5. The topological polar surface area (TPSA) is 65.8 Å². The van der Waals surface area contributed by atoms with Crippen LogP contribution in [0.1, 0.15) is 27.9 Å². The third kappa shape index (κ3) is 3.00. The number of aryl methyl sites for hydroxylation is 1. The first-order chi connectivity index (χ1) is 11.7. The van der Waals surface area contributed by atoms with Gasteiger partial charge in [0.15, 0.2) is 0 Å². The van der Waals surface area contributed by atoms with Gasteiger partial charge in [-0.1, -0.05) is 17.7 Å². The molecule has 0 saturated heterocycles. The number of amides is 1. The molecule has 8 heteroatoms. The van der Waals surface area contributed by atoms with Gasteiger partial charge in [0.05, 0.1) is 12.1 Å². The largest absolute Gasteiger partial charge is 0.438 e. The third-order valence-corrected chi connectivity index (χ3v) is 3.94. The van der Waals surface area contributed by atoms with Crippen LogP contribution in [0.3, 0.4) is 0 Å². The van der Waals surface area contributed by atoms with E-state index in [4.69, 9.17) is 0 Å². The van der Waals surface area contributed by atoms with Crippen molar-refractivity contribution in [1.29, 1.82) is 0 Å². The van der Waals surface area contributed by atoms with Crippen LogP contribution < -0.4 is 0 Å². The summed E-state index contributed by atoms with van der Waals surface area (Å²) in [7, 11) is 0. The Balaban J connectivity index is 2.04. The number of halogens is 3. The number of aromatic nitrogens is 1. The molecule has 0 spiro atoms. The first kappa shape index (κ1) is 17.1. The second-order valence-corrected chi connectivity index (χ2v) is 5.76. The molecule has 2 aromatic rings. The van der Waals surface area contributed by atoms with E-state index in [0.717, 1.165) is 5.56 Å². The molecule has 130 valence electrons. The fraction of sp³-hybridized carbons (Fsp3) is 0.235. The zero-order chi connectivity index (χ0) is 18.2. The van der Waals surface area contributed by atoms with Gasteiger partial charge in [-0.2, -0.15) is 23.3 Å². The van der Waals surface area contributed by atoms with Crippen LogP contribution in [-0.4, -0.2) is 38.6 Å². The Morgan fingerprint density at radius 2 is 1.76 bits per heavy atom. The minimum atomic E-state index is -5.06. The van der Waals surface area contributed by atoms with Crippen LogP contribution in [0.4, 0.5) is 13.2 Å². The average molecular weight is 349 g/mol. The highest BCUT2D eigenvalue weighted by molar-refractivity contribution is 6.05. The van der Waals surface area contributed by atoms with Crippen molar-refractivity contribution in [3.63, 3.8) is 0 Å². The van der Waals surface area contributed by atoms with Gasteiger partial charge >= 0.3 is 6.18 Å². The van der Waals surface area contributed by atoms with E-state index < -0.39 is 24.2 Å². The molecule has 0 fully saturated rings. The van der Waals surface area contributed by atoms with Gasteiger partial charge in [-0.25, -0.2) is 0 Å². The van der Waals surface area contributed by atoms with Crippen molar-refractivity contribution in [2.45, 2.75) is 25.2 Å². The lowest BCUT2D eigenvalue weighted by Gasteiger charge is -2.32. The maximum atomic E-state index is 13.5. The van der Waals surface area contributed by atoms with E-state index in [1.807, 2.05) is 0 Å². The quantitative estimate of drug-likeness (QED) is 0.907. The Kier molecular flexibility index (Phi) is 4.08. The van der Waals surface area contributed by atoms with Gasteiger partial charge in [0.1, 0.15) is 0 Å². The molecule has 1 atom stereocenters. The number of pyridine rings is 1. The highest BCUT2D eigenvalue weighted by Gasteiger charge is 2.63. The molecular weight excluding hydrogens is 335 g/mol. The molecular formula is C17H14F3N3O2. The van der Waals surface area contributed by atoms with Crippen LogP contribution in [0.5, 0.6) is 0 Å². The lowest BCUT2D eigenvalue weighted by molar-refractivity contribution is -0.297. The van der Waals surface area contributed by atoms with E-state index in [9.17, 15) is 23.1 Å². The Bertz CT molecular complexity index is 819. The zero-order valence-corrected chi connectivity index (χ0v) is 13.2. The molecule has 0 aliphatic carbocycles. The molecule has 1 amide bonds. The molecule has 0 bridgehead atoms. The van der Waals surface area contributed by atoms with E-state index >= 15 is 0 Å². The number of hydrogen-bond acceptors (Lipinski definition) is 4. The van der Waals surface area contributed by atoms with Gasteiger partial charge in [0.25, 0.3) is 11.6 Å². The summed E-state index contributed by atoms with van der Waals surface area (Å²) in [6.45, 7) is 1.79. The van der Waals surface area contributed by atoms with Crippen LogP contribution in [-0.2, 0) is 0 Å². The van der Waals surface area contributed by atoms with E-state index in [-0.39, 0.29) is 16.3 Å². The molecule has 5 nitrogen and oxygen atoms in total. The number of nitrogens with zero attached hydrogens (tertiary/aromatic N) is 3. The fourth-order valence-electron chi connectivity index (χ4n) is 2.50. The predicted molar refractivity (Wildman–Crippen MR) is 83.7 cm³/mol. The highest BCUT2D eigenvalue weighted by Crippen LogP contribution is 2.41. The number of benzene rings is 1. The minimum absolute atomic E-state index is 0.00741. The number of alkyl halides is 3. The molecule has 25 heavy (non-hydrogen) atoms. The second-order valence-electron chi connectivity index (χ2n) is 5.76. The van der Waals surface area contributed by atoms with E-state index in [0.29, 0.717) is 5.56 Å². The molecule has 1 aromatic heterocycles. The number of carbonyl (C=O) groups excluding carboxylic acids is 1. The SMILES string of the molecule is Cc1ccc(C(=O)N2N=C(c3ccncc3)C[C@]2(O)C(F)(F)F)cc1. The standard InChI is InChI=1S/C17H14F3N3O2/c1-11-2-4-13(5-3-11)15(24)23-16(25,17(18,19)20)10-14(22-23)12-6-8-21-9-7-12/h2-9,25H,10H2,1H3/t16-/m0/s1. The summed E-state index contributed by atoms with van der Waals surface area (Å²) in [6, 6.07) is 8.93. The monoisotopic (exact) mass is 349 g/mol. The molecule has 1 aromatic carbocycles. The minimum Gasteiger partial charge on any atom is -0.362 e. The molecule has 0 radical (unpaired) electrons. The number of rotatable bonds is 2. The number of hydrazone groups is 1. The van der Waals surface area contributed by atoms with Crippen LogP contribution in [0.2, 0.25) is 0 Å². The second kappa shape index (κ2) is 5.96. The summed E-state index contributed by atoms with van der Waals surface area (Å²) in [5.74, 6) is -1.02. The summed E-state index contributed by atoms with van der Waals surface area (Å²) in [6.07, 6.45) is -3.12. The Hall–Kier alpha value is -2.74. The van der Waals surface area contributed by atoms with Crippen LogP contribution in [0, 0.1) is 6.92 Å². The summed E-state index contributed by atoms with van der Waals surface area (Å²) in [5, 5.41) is 14.2. The predicted octanol–water partition coefficient (Wildman–Crippen LogP) is 2.89. The number of carbonyl (C=O) groups is 1. The Labute approximate surface area is 141 Å². The number of aliphatic hydroxyl groups is 1. The van der Waals surface area contributed by atoms with E-state index in [2.05, 4.69) is 10.1 Å². The van der Waals surface area contributed by atoms with Gasteiger partial charge in [-0.05, 0) is 31.2 Å². The van der Waals surface area contributed by atoms with Gasteiger partial charge in [-0.15, -0.1) is 0 Å². The molecule has 1 N–H and O–H groups in total. The van der Waals surface area contributed by atoms with Gasteiger partial charge in [0.2, 0.25) is 0 Å².